The first-order chi connectivity index (χ1) is 9.13. The third-order valence-electron chi connectivity index (χ3n) is 3.82. The molecule has 4 heteroatoms. The number of aryl methyl sites for hydroxylation is 1. The molecule has 104 valence electrons. The van der Waals surface area contributed by atoms with E-state index < -0.39 is 0 Å². The summed E-state index contributed by atoms with van der Waals surface area (Å²) in [6.45, 7) is 3.17. The number of hydrogen-bond donors (Lipinski definition) is 1. The van der Waals surface area contributed by atoms with Gasteiger partial charge in [-0.15, -0.1) is 0 Å². The zero-order chi connectivity index (χ0) is 13.8. The van der Waals surface area contributed by atoms with Crippen molar-refractivity contribution >= 4 is 5.91 Å². The van der Waals surface area contributed by atoms with Gasteiger partial charge >= 0.3 is 0 Å². The lowest BCUT2D eigenvalue weighted by atomic mass is 9.97. The first kappa shape index (κ1) is 14.0. The van der Waals surface area contributed by atoms with Gasteiger partial charge in [0.25, 0.3) is 5.91 Å². The standard InChI is InChI=1S/C15H21FN2O/c1-11-5-6-12(16)10-14(11)15(19)18-9-3-2-4-13(18)7-8-17/h5-6,10,13H,2-4,7-9,17H2,1H3. The molecule has 19 heavy (non-hydrogen) atoms. The van der Waals surface area contributed by atoms with Crippen molar-refractivity contribution in [3.8, 4) is 0 Å². The Kier molecular flexibility index (Phi) is 4.53. The van der Waals surface area contributed by atoms with E-state index in [2.05, 4.69) is 0 Å². The third kappa shape index (κ3) is 3.13. The van der Waals surface area contributed by atoms with Gasteiger partial charge in [0.2, 0.25) is 0 Å². The summed E-state index contributed by atoms with van der Waals surface area (Å²) < 4.78 is 13.3. The van der Waals surface area contributed by atoms with Gasteiger partial charge in [0.1, 0.15) is 5.82 Å². The maximum Gasteiger partial charge on any atom is 0.254 e. The maximum absolute atomic E-state index is 13.3. The van der Waals surface area contributed by atoms with E-state index in [0.717, 1.165) is 37.8 Å². The van der Waals surface area contributed by atoms with Crippen molar-refractivity contribution in [1.29, 1.82) is 0 Å². The van der Waals surface area contributed by atoms with E-state index in [1.54, 1.807) is 6.07 Å². The van der Waals surface area contributed by atoms with Gasteiger partial charge in [0, 0.05) is 18.2 Å². The molecule has 1 aromatic carbocycles. The Labute approximate surface area is 113 Å². The first-order valence-electron chi connectivity index (χ1n) is 6.90. The molecule has 0 saturated carbocycles. The SMILES string of the molecule is Cc1ccc(F)cc1C(=O)N1CCCCC1CCN. The Morgan fingerprint density at radius 3 is 3.00 bits per heavy atom. The van der Waals surface area contributed by atoms with E-state index in [1.165, 1.54) is 12.1 Å². The Balaban J connectivity index is 2.23. The molecule has 1 atom stereocenters. The number of likely N-dealkylation sites (tertiary alicyclic amines) is 1. The fourth-order valence-corrected chi connectivity index (χ4v) is 2.74. The van der Waals surface area contributed by atoms with Crippen molar-refractivity contribution in [3.05, 3.63) is 35.1 Å². The molecule has 1 amide bonds. The largest absolute Gasteiger partial charge is 0.336 e. The second-order valence-electron chi connectivity index (χ2n) is 5.18. The number of amides is 1. The monoisotopic (exact) mass is 264 g/mol. The number of carbonyl (C=O) groups is 1. The van der Waals surface area contributed by atoms with Crippen LogP contribution < -0.4 is 5.73 Å². The minimum atomic E-state index is -0.360. The molecule has 1 unspecified atom stereocenters. The average molecular weight is 264 g/mol. The molecule has 1 aromatic rings. The molecule has 1 saturated heterocycles. The van der Waals surface area contributed by atoms with Gasteiger partial charge in [-0.3, -0.25) is 4.79 Å². The Morgan fingerprint density at radius 2 is 2.26 bits per heavy atom. The molecule has 0 radical (unpaired) electrons. The lowest BCUT2D eigenvalue weighted by Crippen LogP contribution is -2.44. The predicted octanol–water partition coefficient (Wildman–Crippen LogP) is 2.48. The summed E-state index contributed by atoms with van der Waals surface area (Å²) in [4.78, 5) is 14.4. The Hall–Kier alpha value is -1.42. The van der Waals surface area contributed by atoms with Crippen LogP contribution >= 0.6 is 0 Å². The predicted molar refractivity (Wildman–Crippen MR) is 73.5 cm³/mol. The molecule has 0 aliphatic carbocycles. The van der Waals surface area contributed by atoms with Crippen LogP contribution in [0.15, 0.2) is 18.2 Å². The Morgan fingerprint density at radius 1 is 1.47 bits per heavy atom. The zero-order valence-electron chi connectivity index (χ0n) is 11.4. The summed E-state index contributed by atoms with van der Waals surface area (Å²) in [5.41, 5.74) is 6.91. The average Bonchev–Trinajstić information content (AvgIpc) is 2.42. The summed E-state index contributed by atoms with van der Waals surface area (Å²) in [7, 11) is 0. The van der Waals surface area contributed by atoms with Gasteiger partial charge in [-0.25, -0.2) is 4.39 Å². The van der Waals surface area contributed by atoms with Gasteiger partial charge < -0.3 is 10.6 Å². The van der Waals surface area contributed by atoms with Crippen LogP contribution in [-0.2, 0) is 0 Å². The second kappa shape index (κ2) is 6.15. The fourth-order valence-electron chi connectivity index (χ4n) is 2.74. The molecule has 3 nitrogen and oxygen atoms in total. The molecule has 0 spiro atoms. The van der Waals surface area contributed by atoms with Crippen molar-refractivity contribution < 1.29 is 9.18 Å². The minimum Gasteiger partial charge on any atom is -0.336 e. The number of rotatable bonds is 3. The van der Waals surface area contributed by atoms with E-state index in [-0.39, 0.29) is 17.8 Å². The van der Waals surface area contributed by atoms with Gasteiger partial charge in [-0.1, -0.05) is 6.07 Å². The number of carbonyl (C=O) groups excluding carboxylic acids is 1. The van der Waals surface area contributed by atoms with Crippen LogP contribution in [0.2, 0.25) is 0 Å². The van der Waals surface area contributed by atoms with Crippen LogP contribution in [0, 0.1) is 12.7 Å². The molecule has 2 N–H and O–H groups in total. The van der Waals surface area contributed by atoms with E-state index in [1.807, 2.05) is 11.8 Å². The lowest BCUT2D eigenvalue weighted by molar-refractivity contribution is 0.0603. The third-order valence-corrected chi connectivity index (χ3v) is 3.82. The van der Waals surface area contributed by atoms with Crippen molar-refractivity contribution in [2.75, 3.05) is 13.1 Å². The second-order valence-corrected chi connectivity index (χ2v) is 5.18. The number of nitrogens with zero attached hydrogens (tertiary/aromatic N) is 1. The van der Waals surface area contributed by atoms with Crippen LogP contribution in [0.4, 0.5) is 4.39 Å². The molecule has 2 rings (SSSR count). The number of benzene rings is 1. The van der Waals surface area contributed by atoms with Crippen LogP contribution in [0.3, 0.4) is 0 Å². The molecule has 1 heterocycles. The van der Waals surface area contributed by atoms with E-state index in [0.29, 0.717) is 12.1 Å². The molecule has 1 aliphatic rings. The highest BCUT2D eigenvalue weighted by Crippen LogP contribution is 2.23. The van der Waals surface area contributed by atoms with E-state index in [9.17, 15) is 9.18 Å². The number of hydrogen-bond acceptors (Lipinski definition) is 2. The molecule has 0 aromatic heterocycles. The molecule has 1 fully saturated rings. The number of nitrogens with two attached hydrogens (primary N) is 1. The topological polar surface area (TPSA) is 46.3 Å². The molecule has 1 aliphatic heterocycles. The molecular formula is C15H21FN2O. The minimum absolute atomic E-state index is 0.0600. The van der Waals surface area contributed by atoms with Gasteiger partial charge in [-0.2, -0.15) is 0 Å². The maximum atomic E-state index is 13.3. The summed E-state index contributed by atoms with van der Waals surface area (Å²) in [5.74, 6) is -0.420. The van der Waals surface area contributed by atoms with E-state index in [4.69, 9.17) is 5.73 Å². The van der Waals surface area contributed by atoms with Crippen LogP contribution in [0.1, 0.15) is 41.6 Å². The number of halogens is 1. The van der Waals surface area contributed by atoms with Gasteiger partial charge in [0.05, 0.1) is 0 Å². The summed E-state index contributed by atoms with van der Waals surface area (Å²) >= 11 is 0. The smallest absolute Gasteiger partial charge is 0.254 e. The Bertz CT molecular complexity index is 459. The summed E-state index contributed by atoms with van der Waals surface area (Å²) in [5, 5.41) is 0. The van der Waals surface area contributed by atoms with Crippen molar-refractivity contribution in [2.24, 2.45) is 5.73 Å². The van der Waals surface area contributed by atoms with Crippen LogP contribution in [-0.4, -0.2) is 29.9 Å². The summed E-state index contributed by atoms with van der Waals surface area (Å²) in [6, 6.07) is 4.59. The van der Waals surface area contributed by atoms with Gasteiger partial charge in [0.15, 0.2) is 0 Å². The number of piperidine rings is 1. The highest BCUT2D eigenvalue weighted by molar-refractivity contribution is 5.95. The molecule has 0 bridgehead atoms. The summed E-state index contributed by atoms with van der Waals surface area (Å²) in [6.07, 6.45) is 3.97. The highest BCUT2D eigenvalue weighted by Gasteiger charge is 2.27. The van der Waals surface area contributed by atoms with Crippen LogP contribution in [0.25, 0.3) is 0 Å². The van der Waals surface area contributed by atoms with Crippen molar-refractivity contribution in [3.63, 3.8) is 0 Å². The quantitative estimate of drug-likeness (QED) is 0.911. The van der Waals surface area contributed by atoms with Crippen LogP contribution in [0.5, 0.6) is 0 Å². The fraction of sp³-hybridized carbons (Fsp3) is 0.533. The first-order valence-corrected chi connectivity index (χ1v) is 6.90. The van der Waals surface area contributed by atoms with Crippen molar-refractivity contribution in [2.45, 2.75) is 38.6 Å². The van der Waals surface area contributed by atoms with Crippen molar-refractivity contribution in [1.82, 2.24) is 4.90 Å². The molecular weight excluding hydrogens is 243 g/mol. The van der Waals surface area contributed by atoms with Gasteiger partial charge in [-0.05, 0) is 56.8 Å². The lowest BCUT2D eigenvalue weighted by Gasteiger charge is -2.36. The normalized spacial score (nSPS) is 19.5. The van der Waals surface area contributed by atoms with E-state index >= 15 is 0 Å². The highest BCUT2D eigenvalue weighted by atomic mass is 19.1. The zero-order valence-corrected chi connectivity index (χ0v) is 11.4.